The minimum absolute atomic E-state index is 0.0946. The Labute approximate surface area is 190 Å². The van der Waals surface area contributed by atoms with E-state index >= 15 is 0 Å². The molecule has 31 heavy (non-hydrogen) atoms. The third-order valence-corrected chi connectivity index (χ3v) is 6.51. The third-order valence-electron chi connectivity index (χ3n) is 5.70. The van der Waals surface area contributed by atoms with Crippen LogP contribution in [0.2, 0.25) is 0 Å². The summed E-state index contributed by atoms with van der Waals surface area (Å²) in [5, 5.41) is 0.342. The summed E-state index contributed by atoms with van der Waals surface area (Å²) in [5.74, 6) is 0.464. The van der Waals surface area contributed by atoms with Gasteiger partial charge in [-0.1, -0.05) is 51.1 Å². The van der Waals surface area contributed by atoms with Crippen LogP contribution in [-0.2, 0) is 27.5 Å². The maximum Gasteiger partial charge on any atom is 0.229 e. The van der Waals surface area contributed by atoms with E-state index in [2.05, 4.69) is 54.7 Å². The molecule has 0 amide bonds. The molecule has 0 bridgehead atoms. The van der Waals surface area contributed by atoms with Gasteiger partial charge in [-0.3, -0.25) is 4.72 Å². The van der Waals surface area contributed by atoms with E-state index in [4.69, 9.17) is 22.7 Å². The number of thiocarbonyl (C=S) groups is 1. The van der Waals surface area contributed by atoms with Crippen molar-refractivity contribution >= 4 is 33.0 Å². The number of rotatable bonds is 7. The predicted molar refractivity (Wildman–Crippen MR) is 130 cm³/mol. The number of methoxy groups -OCH3 is 1. The lowest BCUT2D eigenvalue weighted by molar-refractivity contribution is 0.287. The second-order valence-corrected chi connectivity index (χ2v) is 11.4. The molecule has 1 aliphatic rings. The molecule has 0 aromatic heterocycles. The monoisotopic (exact) mass is 461 g/mol. The molecule has 168 valence electrons. The van der Waals surface area contributed by atoms with Gasteiger partial charge in [0.25, 0.3) is 0 Å². The fourth-order valence-corrected chi connectivity index (χ4v) is 4.64. The molecule has 0 unspecified atom stereocenters. The van der Waals surface area contributed by atoms with Gasteiger partial charge in [0.2, 0.25) is 10.0 Å². The Hall–Kier alpha value is -2.32. The van der Waals surface area contributed by atoms with Crippen LogP contribution in [-0.4, -0.2) is 31.8 Å². The average molecular weight is 462 g/mol. The Morgan fingerprint density at radius 3 is 2.26 bits per heavy atom. The van der Waals surface area contributed by atoms with Crippen LogP contribution in [0.15, 0.2) is 42.5 Å². The summed E-state index contributed by atoms with van der Waals surface area (Å²) >= 11 is 5.43. The molecule has 0 aliphatic heterocycles. The van der Waals surface area contributed by atoms with E-state index in [0.29, 0.717) is 23.1 Å². The first-order valence-corrected chi connectivity index (χ1v) is 12.5. The van der Waals surface area contributed by atoms with Crippen molar-refractivity contribution in [3.05, 3.63) is 59.2 Å². The summed E-state index contributed by atoms with van der Waals surface area (Å²) in [7, 11) is -1.89. The Balaban J connectivity index is 1.90. The molecule has 0 saturated heterocycles. The summed E-state index contributed by atoms with van der Waals surface area (Å²) < 4.78 is 31.2. The van der Waals surface area contributed by atoms with Crippen LogP contribution in [0.5, 0.6) is 5.75 Å². The van der Waals surface area contributed by atoms with Gasteiger partial charge in [0.05, 0.1) is 24.6 Å². The molecule has 3 rings (SSSR count). The Morgan fingerprint density at radius 1 is 1.19 bits per heavy atom. The van der Waals surface area contributed by atoms with Crippen LogP contribution in [0.25, 0.3) is 0 Å². The maximum absolute atomic E-state index is 11.6. The van der Waals surface area contributed by atoms with Crippen molar-refractivity contribution in [2.24, 2.45) is 5.73 Å². The number of anilines is 1. The van der Waals surface area contributed by atoms with Gasteiger partial charge < -0.3 is 15.4 Å². The third kappa shape index (κ3) is 5.30. The van der Waals surface area contributed by atoms with Gasteiger partial charge in [-0.05, 0) is 59.3 Å². The normalized spacial score (nSPS) is 15.3. The van der Waals surface area contributed by atoms with Gasteiger partial charge >= 0.3 is 0 Å². The van der Waals surface area contributed by atoms with Crippen molar-refractivity contribution < 1.29 is 13.2 Å². The largest absolute Gasteiger partial charge is 0.495 e. The Kier molecular flexibility index (Phi) is 6.26. The van der Waals surface area contributed by atoms with E-state index in [1.165, 1.54) is 12.7 Å². The first-order valence-electron chi connectivity index (χ1n) is 10.2. The first-order chi connectivity index (χ1) is 14.4. The SMILES string of the molecule is COc1cc(C2(N(Cc3ccc(C(C)(C)C)cc3)C(N)=S)CC2)ccc1NS(C)(=O)=O. The lowest BCUT2D eigenvalue weighted by Crippen LogP contribution is -2.43. The standard InChI is InChI=1S/C23H31N3O3S2/c1-22(2,3)17-8-6-16(7-9-17)15-26(21(24)30)23(12-13-23)18-10-11-19(20(14-18)29-4)25-31(5,27)28/h6-11,14,25H,12-13,15H2,1-5H3,(H2,24,30). The smallest absolute Gasteiger partial charge is 0.229 e. The summed E-state index contributed by atoms with van der Waals surface area (Å²) in [4.78, 5) is 2.06. The molecule has 3 N–H and O–H groups in total. The maximum atomic E-state index is 11.6. The quantitative estimate of drug-likeness (QED) is 0.604. The zero-order valence-corrected chi connectivity index (χ0v) is 20.4. The van der Waals surface area contributed by atoms with E-state index in [9.17, 15) is 8.42 Å². The van der Waals surface area contributed by atoms with Crippen molar-refractivity contribution in [3.63, 3.8) is 0 Å². The molecule has 0 heterocycles. The molecule has 2 aromatic carbocycles. The predicted octanol–water partition coefficient (Wildman–Crippen LogP) is 4.10. The number of hydrogen-bond donors (Lipinski definition) is 2. The number of nitrogens with one attached hydrogen (secondary N) is 1. The molecule has 1 fully saturated rings. The second kappa shape index (κ2) is 8.31. The fourth-order valence-electron chi connectivity index (χ4n) is 3.83. The Morgan fingerprint density at radius 2 is 1.81 bits per heavy atom. The van der Waals surface area contributed by atoms with E-state index in [1.807, 2.05) is 12.1 Å². The highest BCUT2D eigenvalue weighted by Gasteiger charge is 2.50. The molecular formula is C23H31N3O3S2. The van der Waals surface area contributed by atoms with E-state index in [1.54, 1.807) is 6.07 Å². The van der Waals surface area contributed by atoms with E-state index in [-0.39, 0.29) is 11.0 Å². The van der Waals surface area contributed by atoms with Gasteiger partial charge in [0.15, 0.2) is 5.11 Å². The molecule has 1 saturated carbocycles. The second-order valence-electron chi connectivity index (χ2n) is 9.19. The molecule has 1 aliphatic carbocycles. The van der Waals surface area contributed by atoms with Crippen molar-refractivity contribution in [2.75, 3.05) is 18.1 Å². The average Bonchev–Trinajstić information content (AvgIpc) is 3.46. The number of benzene rings is 2. The van der Waals surface area contributed by atoms with Crippen LogP contribution in [0.3, 0.4) is 0 Å². The van der Waals surface area contributed by atoms with Crippen LogP contribution in [0.4, 0.5) is 5.69 Å². The number of nitrogens with two attached hydrogens (primary N) is 1. The molecule has 0 atom stereocenters. The summed E-state index contributed by atoms with van der Waals surface area (Å²) in [6.45, 7) is 7.18. The highest BCUT2D eigenvalue weighted by atomic mass is 32.2. The van der Waals surface area contributed by atoms with Crippen molar-refractivity contribution in [1.29, 1.82) is 0 Å². The van der Waals surface area contributed by atoms with Crippen molar-refractivity contribution in [2.45, 2.75) is 51.1 Å². The van der Waals surface area contributed by atoms with E-state index in [0.717, 1.165) is 30.2 Å². The van der Waals surface area contributed by atoms with Crippen LogP contribution < -0.4 is 15.2 Å². The van der Waals surface area contributed by atoms with E-state index < -0.39 is 10.0 Å². The minimum atomic E-state index is -3.41. The molecule has 6 nitrogen and oxygen atoms in total. The van der Waals surface area contributed by atoms with Gasteiger partial charge in [-0.15, -0.1) is 0 Å². The topological polar surface area (TPSA) is 84.7 Å². The molecular weight excluding hydrogens is 430 g/mol. The minimum Gasteiger partial charge on any atom is -0.495 e. The van der Waals surface area contributed by atoms with Gasteiger partial charge in [-0.2, -0.15) is 0 Å². The highest BCUT2D eigenvalue weighted by molar-refractivity contribution is 7.92. The van der Waals surface area contributed by atoms with Gasteiger partial charge in [0, 0.05) is 6.54 Å². The van der Waals surface area contributed by atoms with Crippen LogP contribution >= 0.6 is 12.2 Å². The fraction of sp³-hybridized carbons (Fsp3) is 0.435. The van der Waals surface area contributed by atoms with Crippen LogP contribution in [0, 0.1) is 0 Å². The summed E-state index contributed by atoms with van der Waals surface area (Å²) in [6, 6.07) is 14.1. The Bertz CT molecular complexity index is 1070. The molecule has 2 aromatic rings. The lowest BCUT2D eigenvalue weighted by atomic mass is 9.86. The molecule has 0 spiro atoms. The zero-order valence-electron chi connectivity index (χ0n) is 18.7. The summed E-state index contributed by atoms with van der Waals surface area (Å²) in [5.41, 5.74) is 9.76. The molecule has 8 heteroatoms. The van der Waals surface area contributed by atoms with Gasteiger partial charge in [-0.25, -0.2) is 8.42 Å². The number of ether oxygens (including phenoxy) is 1. The zero-order chi connectivity index (χ0) is 23.0. The number of sulfonamides is 1. The first kappa shape index (κ1) is 23.3. The lowest BCUT2D eigenvalue weighted by Gasteiger charge is -2.34. The molecule has 0 radical (unpaired) electrons. The van der Waals surface area contributed by atoms with Gasteiger partial charge in [0.1, 0.15) is 5.75 Å². The van der Waals surface area contributed by atoms with Crippen molar-refractivity contribution in [3.8, 4) is 5.75 Å². The highest BCUT2D eigenvalue weighted by Crippen LogP contribution is 2.52. The summed E-state index contributed by atoms with van der Waals surface area (Å²) in [6.07, 6.45) is 2.93. The number of nitrogens with zero attached hydrogens (tertiary/aromatic N) is 1. The number of hydrogen-bond acceptors (Lipinski definition) is 4. The van der Waals surface area contributed by atoms with Crippen molar-refractivity contribution in [1.82, 2.24) is 4.90 Å². The van der Waals surface area contributed by atoms with Crippen LogP contribution in [0.1, 0.15) is 50.3 Å².